The second-order valence-electron chi connectivity index (χ2n) is 5.94. The minimum absolute atomic E-state index is 0.0750. The molecule has 0 radical (unpaired) electrons. The van der Waals surface area contributed by atoms with Crippen molar-refractivity contribution in [1.82, 2.24) is 0 Å². The highest BCUT2D eigenvalue weighted by atomic mass is 16.6. The van der Waals surface area contributed by atoms with Crippen molar-refractivity contribution in [2.75, 3.05) is 0 Å². The number of carbonyl (C=O) groups is 2. The van der Waals surface area contributed by atoms with Crippen molar-refractivity contribution in [3.63, 3.8) is 0 Å². The number of ether oxygens (including phenoxy) is 1. The Labute approximate surface area is 123 Å². The summed E-state index contributed by atoms with van der Waals surface area (Å²) < 4.78 is 5.63. The molecule has 1 aliphatic rings. The minimum Gasteiger partial charge on any atom is -0.357 e. The molecule has 1 saturated heterocycles. The third kappa shape index (κ3) is 2.00. The van der Waals surface area contributed by atoms with Gasteiger partial charge in [-0.2, -0.15) is 0 Å². The Balaban J connectivity index is 2.15. The van der Waals surface area contributed by atoms with Crippen molar-refractivity contribution in [2.24, 2.45) is 5.92 Å². The van der Waals surface area contributed by atoms with Crippen molar-refractivity contribution in [1.29, 1.82) is 0 Å². The topological polar surface area (TPSA) is 46.7 Å². The fraction of sp³-hybridized carbons (Fsp3) is 0.333. The normalized spacial score (nSPS) is 24.3. The lowest BCUT2D eigenvalue weighted by Gasteiger charge is -2.17. The lowest BCUT2D eigenvalue weighted by Crippen LogP contribution is -2.33. The van der Waals surface area contributed by atoms with Crippen molar-refractivity contribution in [3.05, 3.63) is 47.5 Å². The van der Waals surface area contributed by atoms with E-state index >= 15 is 0 Å². The molecule has 21 heavy (non-hydrogen) atoms. The molecule has 0 amide bonds. The molecule has 0 aromatic heterocycles. The molecule has 3 heteroatoms. The molecule has 1 heterocycles. The number of fused-ring (bicyclic) bond motifs is 1. The van der Waals surface area contributed by atoms with E-state index in [0.29, 0.717) is 11.1 Å². The zero-order valence-corrected chi connectivity index (χ0v) is 12.4. The van der Waals surface area contributed by atoms with Gasteiger partial charge >= 0.3 is 0 Å². The van der Waals surface area contributed by atoms with E-state index in [0.717, 1.165) is 17.1 Å². The van der Waals surface area contributed by atoms with Gasteiger partial charge in [0, 0.05) is 11.1 Å². The van der Waals surface area contributed by atoms with Crippen molar-refractivity contribution in [2.45, 2.75) is 32.5 Å². The van der Waals surface area contributed by atoms with Crippen LogP contribution >= 0.6 is 0 Å². The highest BCUT2D eigenvalue weighted by molar-refractivity contribution is 6.12. The van der Waals surface area contributed by atoms with E-state index < -0.39 is 5.60 Å². The van der Waals surface area contributed by atoms with Gasteiger partial charge in [0.15, 0.2) is 17.7 Å². The van der Waals surface area contributed by atoms with Crippen molar-refractivity contribution in [3.8, 4) is 0 Å². The van der Waals surface area contributed by atoms with Crippen LogP contribution in [0.5, 0.6) is 0 Å². The molecule has 0 spiro atoms. The van der Waals surface area contributed by atoms with E-state index in [1.54, 1.807) is 12.1 Å². The van der Waals surface area contributed by atoms with E-state index in [9.17, 15) is 9.59 Å². The number of hydrogen-bond acceptors (Lipinski definition) is 3. The van der Waals surface area contributed by atoms with Crippen LogP contribution in [0.15, 0.2) is 36.4 Å². The van der Waals surface area contributed by atoms with Gasteiger partial charge in [0.25, 0.3) is 0 Å². The number of carbonyl (C=O) groups excluding carboxylic acids is 2. The van der Waals surface area contributed by atoms with Crippen LogP contribution in [0.1, 0.15) is 41.5 Å². The summed E-state index contributed by atoms with van der Waals surface area (Å²) in [5, 5.41) is 1.91. The standard InChI is InChI=1S/C18H18O3/c1-11(2)18(12(3)21-18)17(20)16-9-14-7-5-4-6-13(14)8-15(16)10-19/h4-12H,1-3H3. The van der Waals surface area contributed by atoms with Gasteiger partial charge in [-0.15, -0.1) is 0 Å². The summed E-state index contributed by atoms with van der Waals surface area (Å²) in [6.45, 7) is 5.85. The van der Waals surface area contributed by atoms with Crippen LogP contribution in [-0.4, -0.2) is 23.8 Å². The molecule has 2 unspecified atom stereocenters. The number of Topliss-reactive ketones (excluding diaryl/α,β-unsaturated/α-hetero) is 1. The molecule has 0 saturated carbocycles. The summed E-state index contributed by atoms with van der Waals surface area (Å²) in [6.07, 6.45) is 0.650. The highest BCUT2D eigenvalue weighted by Crippen LogP contribution is 2.45. The second-order valence-corrected chi connectivity index (χ2v) is 5.94. The average Bonchev–Trinajstić information content (AvgIpc) is 3.18. The zero-order valence-electron chi connectivity index (χ0n) is 12.4. The number of aldehydes is 1. The molecule has 2 aromatic rings. The van der Waals surface area contributed by atoms with Gasteiger partial charge in [-0.3, -0.25) is 9.59 Å². The third-order valence-electron chi connectivity index (χ3n) is 4.42. The highest BCUT2D eigenvalue weighted by Gasteiger charge is 2.61. The summed E-state index contributed by atoms with van der Waals surface area (Å²) in [5.74, 6) is -0.0103. The van der Waals surface area contributed by atoms with Gasteiger partial charge in [-0.1, -0.05) is 38.1 Å². The Morgan fingerprint density at radius 1 is 1.24 bits per heavy atom. The van der Waals surface area contributed by atoms with Crippen molar-refractivity contribution < 1.29 is 14.3 Å². The molecule has 108 valence electrons. The van der Waals surface area contributed by atoms with E-state index in [4.69, 9.17) is 4.74 Å². The minimum atomic E-state index is -0.778. The molecule has 1 aliphatic heterocycles. The van der Waals surface area contributed by atoms with Crippen LogP contribution < -0.4 is 0 Å². The fourth-order valence-corrected chi connectivity index (χ4v) is 3.13. The monoisotopic (exact) mass is 282 g/mol. The predicted octanol–water partition coefficient (Wildman–Crippen LogP) is 3.65. The Kier molecular flexibility index (Phi) is 3.18. The maximum Gasteiger partial charge on any atom is 0.198 e. The smallest absolute Gasteiger partial charge is 0.198 e. The quantitative estimate of drug-likeness (QED) is 0.488. The Morgan fingerprint density at radius 2 is 1.81 bits per heavy atom. The lowest BCUT2D eigenvalue weighted by molar-refractivity contribution is 0.0819. The fourth-order valence-electron chi connectivity index (χ4n) is 3.13. The van der Waals surface area contributed by atoms with Gasteiger partial charge in [-0.05, 0) is 35.7 Å². The Hall–Kier alpha value is -2.00. The first kappa shape index (κ1) is 14.0. The SMILES string of the molecule is CC(C)C1(C(=O)c2cc3ccccc3cc2C=O)OC1C. The maximum absolute atomic E-state index is 12.9. The zero-order chi connectivity index (χ0) is 15.2. The molecule has 2 atom stereocenters. The maximum atomic E-state index is 12.9. The number of rotatable bonds is 4. The number of hydrogen-bond donors (Lipinski definition) is 0. The molecular weight excluding hydrogens is 264 g/mol. The average molecular weight is 282 g/mol. The lowest BCUT2D eigenvalue weighted by atomic mass is 9.83. The molecule has 0 bridgehead atoms. The molecule has 0 aliphatic carbocycles. The summed E-state index contributed by atoms with van der Waals surface area (Å²) in [6, 6.07) is 11.3. The summed E-state index contributed by atoms with van der Waals surface area (Å²) in [5.41, 5.74) is 0.114. The molecule has 3 rings (SSSR count). The van der Waals surface area contributed by atoms with Crippen LogP contribution in [-0.2, 0) is 4.74 Å². The van der Waals surface area contributed by atoms with Gasteiger partial charge < -0.3 is 4.74 Å². The Morgan fingerprint density at radius 3 is 2.29 bits per heavy atom. The van der Waals surface area contributed by atoms with E-state index in [2.05, 4.69) is 0 Å². The van der Waals surface area contributed by atoms with Crippen LogP contribution in [0.4, 0.5) is 0 Å². The number of benzene rings is 2. The first-order chi connectivity index (χ1) is 10.0. The third-order valence-corrected chi connectivity index (χ3v) is 4.42. The van der Waals surface area contributed by atoms with Gasteiger partial charge in [0.05, 0.1) is 6.10 Å². The largest absolute Gasteiger partial charge is 0.357 e. The molecule has 0 N–H and O–H groups in total. The van der Waals surface area contributed by atoms with Crippen LogP contribution in [0.25, 0.3) is 10.8 Å². The van der Waals surface area contributed by atoms with E-state index in [1.807, 2.05) is 45.0 Å². The molecular formula is C18H18O3. The molecule has 2 aromatic carbocycles. The summed E-state index contributed by atoms with van der Waals surface area (Å²) in [4.78, 5) is 24.3. The first-order valence-electron chi connectivity index (χ1n) is 7.21. The van der Waals surface area contributed by atoms with E-state index in [1.165, 1.54) is 0 Å². The van der Waals surface area contributed by atoms with Crippen molar-refractivity contribution >= 4 is 22.8 Å². The van der Waals surface area contributed by atoms with Crippen LogP contribution in [0, 0.1) is 5.92 Å². The van der Waals surface area contributed by atoms with Gasteiger partial charge in [0.2, 0.25) is 0 Å². The van der Waals surface area contributed by atoms with Gasteiger partial charge in [-0.25, -0.2) is 0 Å². The summed E-state index contributed by atoms with van der Waals surface area (Å²) in [7, 11) is 0. The van der Waals surface area contributed by atoms with Gasteiger partial charge in [0.1, 0.15) is 0 Å². The second kappa shape index (κ2) is 4.78. The predicted molar refractivity (Wildman–Crippen MR) is 81.8 cm³/mol. The van der Waals surface area contributed by atoms with Crippen LogP contribution in [0.2, 0.25) is 0 Å². The van der Waals surface area contributed by atoms with Crippen LogP contribution in [0.3, 0.4) is 0 Å². The first-order valence-corrected chi connectivity index (χ1v) is 7.21. The number of epoxide rings is 1. The molecule has 3 nitrogen and oxygen atoms in total. The molecule has 1 fully saturated rings. The number of ketones is 1. The Bertz CT molecular complexity index is 732. The summed E-state index contributed by atoms with van der Waals surface area (Å²) >= 11 is 0. The van der Waals surface area contributed by atoms with E-state index in [-0.39, 0.29) is 17.8 Å².